The van der Waals surface area contributed by atoms with Crippen LogP contribution in [0, 0.1) is 6.92 Å². The zero-order chi connectivity index (χ0) is 16.5. The lowest BCUT2D eigenvalue weighted by Gasteiger charge is -2.03. The van der Waals surface area contributed by atoms with Gasteiger partial charge in [0.05, 0.1) is 23.4 Å². The topological polar surface area (TPSA) is 60.1 Å². The highest BCUT2D eigenvalue weighted by atomic mass is 32.1. The van der Waals surface area contributed by atoms with E-state index in [-0.39, 0.29) is 5.91 Å². The Bertz CT molecular complexity index is 984. The van der Waals surface area contributed by atoms with E-state index in [2.05, 4.69) is 10.4 Å². The number of amides is 1. The molecule has 0 aliphatic rings. The third-order valence-corrected chi connectivity index (χ3v) is 4.86. The first-order valence-corrected chi connectivity index (χ1v) is 8.39. The van der Waals surface area contributed by atoms with Gasteiger partial charge in [-0.05, 0) is 37.3 Å². The maximum atomic E-state index is 12.3. The Balaban J connectivity index is 1.59. The summed E-state index contributed by atoms with van der Waals surface area (Å²) in [6.07, 6.45) is 1.59. The number of hydrogen-bond acceptors (Lipinski definition) is 4. The van der Waals surface area contributed by atoms with Gasteiger partial charge in [-0.3, -0.25) is 4.79 Å². The molecule has 0 atom stereocenters. The van der Waals surface area contributed by atoms with Crippen molar-refractivity contribution in [3.63, 3.8) is 0 Å². The Labute approximate surface area is 142 Å². The third kappa shape index (κ3) is 2.61. The molecule has 3 heterocycles. The first-order valence-electron chi connectivity index (χ1n) is 7.57. The summed E-state index contributed by atoms with van der Waals surface area (Å²) in [5.74, 6) is 0.621. The van der Waals surface area contributed by atoms with Gasteiger partial charge < -0.3 is 9.73 Å². The lowest BCUT2D eigenvalue weighted by atomic mass is 10.2. The van der Waals surface area contributed by atoms with Gasteiger partial charge in [-0.25, -0.2) is 4.68 Å². The fourth-order valence-corrected chi connectivity index (χ4v) is 3.58. The number of nitrogens with one attached hydrogen (secondary N) is 1. The van der Waals surface area contributed by atoms with E-state index in [1.807, 2.05) is 54.1 Å². The first-order chi connectivity index (χ1) is 11.7. The van der Waals surface area contributed by atoms with Gasteiger partial charge in [0.15, 0.2) is 0 Å². The summed E-state index contributed by atoms with van der Waals surface area (Å²) in [6.45, 7) is 2.39. The molecular weight excluding hydrogens is 322 g/mol. The standard InChI is InChI=1S/C18H15N3O2S/c1-12-15-10-16(17(22)19-11-14-8-5-9-23-14)24-18(15)20-21(12)13-6-3-2-4-7-13/h2-10H,11H2,1H3,(H,19,22). The highest BCUT2D eigenvalue weighted by Crippen LogP contribution is 2.29. The van der Waals surface area contributed by atoms with Crippen LogP contribution in [0.15, 0.2) is 59.2 Å². The highest BCUT2D eigenvalue weighted by molar-refractivity contribution is 7.20. The van der Waals surface area contributed by atoms with Crippen molar-refractivity contribution in [3.8, 4) is 5.69 Å². The molecule has 0 radical (unpaired) electrons. The van der Waals surface area contributed by atoms with Crippen LogP contribution in [0.25, 0.3) is 15.9 Å². The lowest BCUT2D eigenvalue weighted by molar-refractivity contribution is 0.0952. The Morgan fingerprint density at radius 2 is 2.08 bits per heavy atom. The molecule has 0 saturated heterocycles. The van der Waals surface area contributed by atoms with E-state index in [4.69, 9.17) is 4.42 Å². The maximum absolute atomic E-state index is 12.3. The van der Waals surface area contributed by atoms with Crippen molar-refractivity contribution in [1.29, 1.82) is 0 Å². The van der Waals surface area contributed by atoms with Gasteiger partial charge in [0.25, 0.3) is 5.91 Å². The Hall–Kier alpha value is -2.86. The van der Waals surface area contributed by atoms with Crippen LogP contribution in [0.1, 0.15) is 21.1 Å². The smallest absolute Gasteiger partial charge is 0.261 e. The van der Waals surface area contributed by atoms with Crippen LogP contribution >= 0.6 is 11.3 Å². The number of rotatable bonds is 4. The molecule has 0 aliphatic heterocycles. The third-order valence-electron chi connectivity index (χ3n) is 3.84. The fraction of sp³-hybridized carbons (Fsp3) is 0.111. The second-order valence-electron chi connectivity index (χ2n) is 5.42. The quantitative estimate of drug-likeness (QED) is 0.614. The van der Waals surface area contributed by atoms with Crippen LogP contribution < -0.4 is 5.32 Å². The second kappa shape index (κ2) is 5.98. The van der Waals surface area contributed by atoms with E-state index in [0.29, 0.717) is 11.4 Å². The van der Waals surface area contributed by atoms with E-state index in [0.717, 1.165) is 27.4 Å². The molecule has 4 rings (SSSR count). The summed E-state index contributed by atoms with van der Waals surface area (Å²) in [7, 11) is 0. The number of thiophene rings is 1. The Morgan fingerprint density at radius 1 is 1.25 bits per heavy atom. The summed E-state index contributed by atoms with van der Waals surface area (Å²) in [5, 5.41) is 8.50. The molecule has 0 unspecified atom stereocenters. The predicted molar refractivity (Wildman–Crippen MR) is 93.6 cm³/mol. The van der Waals surface area contributed by atoms with Gasteiger partial charge in [0.1, 0.15) is 10.6 Å². The molecule has 6 heteroatoms. The predicted octanol–water partition coefficient (Wildman–Crippen LogP) is 3.92. The number of nitrogens with zero attached hydrogens (tertiary/aromatic N) is 2. The van der Waals surface area contributed by atoms with Crippen molar-refractivity contribution in [2.24, 2.45) is 0 Å². The number of carbonyl (C=O) groups excluding carboxylic acids is 1. The van der Waals surface area contributed by atoms with E-state index >= 15 is 0 Å². The second-order valence-corrected chi connectivity index (χ2v) is 6.45. The van der Waals surface area contributed by atoms with Gasteiger partial charge in [0, 0.05) is 11.1 Å². The summed E-state index contributed by atoms with van der Waals surface area (Å²) in [6, 6.07) is 15.5. The molecule has 4 aromatic rings. The number of fused-ring (bicyclic) bond motifs is 1. The Kier molecular flexibility index (Phi) is 3.66. The van der Waals surface area contributed by atoms with Crippen LogP contribution in [0.3, 0.4) is 0 Å². The normalized spacial score (nSPS) is 11.0. The zero-order valence-corrected chi connectivity index (χ0v) is 13.8. The minimum absolute atomic E-state index is 0.111. The number of hydrogen-bond donors (Lipinski definition) is 1. The van der Waals surface area contributed by atoms with Crippen molar-refractivity contribution in [1.82, 2.24) is 15.1 Å². The average Bonchev–Trinajstić information content (AvgIpc) is 3.32. The van der Waals surface area contributed by atoms with Gasteiger partial charge in [-0.2, -0.15) is 5.10 Å². The number of benzene rings is 1. The average molecular weight is 337 g/mol. The van der Waals surface area contributed by atoms with Crippen molar-refractivity contribution in [3.05, 3.63) is 71.1 Å². The first kappa shape index (κ1) is 14.7. The molecule has 24 heavy (non-hydrogen) atoms. The molecular formula is C18H15N3O2S. The molecule has 5 nitrogen and oxygen atoms in total. The van der Waals surface area contributed by atoms with Crippen molar-refractivity contribution in [2.45, 2.75) is 13.5 Å². The molecule has 0 aliphatic carbocycles. The van der Waals surface area contributed by atoms with Gasteiger partial charge >= 0.3 is 0 Å². The monoisotopic (exact) mass is 337 g/mol. The largest absolute Gasteiger partial charge is 0.467 e. The molecule has 1 amide bonds. The van der Waals surface area contributed by atoms with Gasteiger partial charge in [-0.15, -0.1) is 11.3 Å². The lowest BCUT2D eigenvalue weighted by Crippen LogP contribution is -2.21. The summed E-state index contributed by atoms with van der Waals surface area (Å²) >= 11 is 1.40. The molecule has 0 bridgehead atoms. The van der Waals surface area contributed by atoms with Crippen LogP contribution in [0.2, 0.25) is 0 Å². The zero-order valence-electron chi connectivity index (χ0n) is 13.0. The van der Waals surface area contributed by atoms with E-state index in [9.17, 15) is 4.79 Å². The molecule has 0 saturated carbocycles. The molecule has 1 aromatic carbocycles. The molecule has 3 aromatic heterocycles. The van der Waals surface area contributed by atoms with Crippen molar-refractivity contribution >= 4 is 27.5 Å². The van der Waals surface area contributed by atoms with E-state index in [1.54, 1.807) is 12.3 Å². The van der Waals surface area contributed by atoms with Gasteiger partial charge in [-0.1, -0.05) is 18.2 Å². The number of furan rings is 1. The maximum Gasteiger partial charge on any atom is 0.261 e. The van der Waals surface area contributed by atoms with Crippen molar-refractivity contribution in [2.75, 3.05) is 0 Å². The number of aryl methyl sites for hydroxylation is 1. The summed E-state index contributed by atoms with van der Waals surface area (Å²) in [5.41, 5.74) is 2.04. The van der Waals surface area contributed by atoms with Crippen LogP contribution in [0.5, 0.6) is 0 Å². The number of carbonyl (C=O) groups is 1. The Morgan fingerprint density at radius 3 is 2.79 bits per heavy atom. The number of para-hydroxylation sites is 1. The van der Waals surface area contributed by atoms with E-state index < -0.39 is 0 Å². The molecule has 0 spiro atoms. The molecule has 1 N–H and O–H groups in total. The van der Waals surface area contributed by atoms with Crippen molar-refractivity contribution < 1.29 is 9.21 Å². The fourth-order valence-electron chi connectivity index (χ4n) is 2.59. The van der Waals surface area contributed by atoms with Crippen LogP contribution in [-0.4, -0.2) is 15.7 Å². The molecule has 120 valence electrons. The number of aromatic nitrogens is 2. The minimum atomic E-state index is -0.111. The van der Waals surface area contributed by atoms with Crippen LogP contribution in [0.4, 0.5) is 0 Å². The summed E-state index contributed by atoms with van der Waals surface area (Å²) < 4.78 is 7.13. The summed E-state index contributed by atoms with van der Waals surface area (Å²) in [4.78, 5) is 13.8. The molecule has 0 fully saturated rings. The minimum Gasteiger partial charge on any atom is -0.467 e. The van der Waals surface area contributed by atoms with Crippen LogP contribution in [-0.2, 0) is 6.54 Å². The van der Waals surface area contributed by atoms with E-state index in [1.165, 1.54) is 11.3 Å². The highest BCUT2D eigenvalue weighted by Gasteiger charge is 2.16. The SMILES string of the molecule is Cc1c2cc(C(=O)NCc3ccco3)sc2nn1-c1ccccc1. The van der Waals surface area contributed by atoms with Gasteiger partial charge in [0.2, 0.25) is 0 Å².